The molecule has 1 fully saturated rings. The third kappa shape index (κ3) is 3.40. The van der Waals surface area contributed by atoms with Gasteiger partial charge >= 0.3 is 6.09 Å². The Labute approximate surface area is 138 Å². The van der Waals surface area contributed by atoms with Crippen LogP contribution in [0.15, 0.2) is 53.4 Å². The molecule has 0 atom stereocenters. The summed E-state index contributed by atoms with van der Waals surface area (Å²) in [5.41, 5.74) is 0.931. The number of nitrogens with one attached hydrogen (secondary N) is 1. The number of hydrogen-bond donors (Lipinski definition) is 1. The molecular formula is C15H13ClN2O4S. The molecule has 23 heavy (non-hydrogen) atoms. The minimum absolute atomic E-state index is 0.105. The van der Waals surface area contributed by atoms with Crippen molar-refractivity contribution in [2.24, 2.45) is 0 Å². The lowest BCUT2D eigenvalue weighted by Gasteiger charge is -2.14. The maximum absolute atomic E-state index is 12.4. The molecule has 0 saturated carbocycles. The molecule has 6 nitrogen and oxygen atoms in total. The minimum atomic E-state index is -3.73. The van der Waals surface area contributed by atoms with Crippen molar-refractivity contribution >= 4 is 39.1 Å². The number of carbonyl (C=O) groups is 1. The van der Waals surface area contributed by atoms with Crippen LogP contribution in [0.5, 0.6) is 0 Å². The molecule has 1 amide bonds. The van der Waals surface area contributed by atoms with Gasteiger partial charge in [0, 0.05) is 10.7 Å². The van der Waals surface area contributed by atoms with E-state index >= 15 is 0 Å². The van der Waals surface area contributed by atoms with Gasteiger partial charge in [-0.15, -0.1) is 0 Å². The lowest BCUT2D eigenvalue weighted by Crippen LogP contribution is -2.23. The van der Waals surface area contributed by atoms with Crippen molar-refractivity contribution in [1.29, 1.82) is 0 Å². The van der Waals surface area contributed by atoms with E-state index in [2.05, 4.69) is 4.72 Å². The van der Waals surface area contributed by atoms with Crippen LogP contribution in [-0.2, 0) is 14.8 Å². The largest absolute Gasteiger partial charge is 0.447 e. The van der Waals surface area contributed by atoms with E-state index in [0.717, 1.165) is 0 Å². The average molecular weight is 353 g/mol. The summed E-state index contributed by atoms with van der Waals surface area (Å²) in [6, 6.07) is 12.4. The summed E-state index contributed by atoms with van der Waals surface area (Å²) in [6.07, 6.45) is -0.442. The molecule has 0 radical (unpaired) electrons. The SMILES string of the molecule is O=C1OCCN1c1cccc(NS(=O)(=O)c2ccc(Cl)cc2)c1. The number of amides is 1. The highest BCUT2D eigenvalue weighted by Gasteiger charge is 2.24. The number of nitrogens with zero attached hydrogens (tertiary/aromatic N) is 1. The summed E-state index contributed by atoms with van der Waals surface area (Å²) in [5, 5.41) is 0.457. The number of ether oxygens (including phenoxy) is 1. The average Bonchev–Trinajstić information content (AvgIpc) is 2.94. The number of rotatable bonds is 4. The Hall–Kier alpha value is -2.25. The maximum Gasteiger partial charge on any atom is 0.414 e. The van der Waals surface area contributed by atoms with Gasteiger partial charge in [-0.2, -0.15) is 0 Å². The Bertz CT molecular complexity index is 837. The van der Waals surface area contributed by atoms with Crippen molar-refractivity contribution in [3.05, 3.63) is 53.6 Å². The molecule has 3 rings (SSSR count). The molecule has 1 aliphatic rings. The van der Waals surface area contributed by atoms with Crippen LogP contribution in [0.4, 0.5) is 16.2 Å². The summed E-state index contributed by atoms with van der Waals surface area (Å²) in [6.45, 7) is 0.756. The maximum atomic E-state index is 12.4. The normalized spacial score (nSPS) is 14.7. The van der Waals surface area contributed by atoms with E-state index in [1.165, 1.54) is 29.2 Å². The van der Waals surface area contributed by atoms with Gasteiger partial charge in [-0.25, -0.2) is 13.2 Å². The van der Waals surface area contributed by atoms with Crippen molar-refractivity contribution in [2.75, 3.05) is 22.8 Å². The predicted molar refractivity (Wildman–Crippen MR) is 87.4 cm³/mol. The standard InChI is InChI=1S/C15H13ClN2O4S/c16-11-4-6-14(7-5-11)23(20,21)17-12-2-1-3-13(10-12)18-8-9-22-15(18)19/h1-7,10,17H,8-9H2. The molecule has 8 heteroatoms. The zero-order valence-corrected chi connectivity index (χ0v) is 13.5. The highest BCUT2D eigenvalue weighted by Crippen LogP contribution is 2.24. The molecule has 2 aromatic carbocycles. The Morgan fingerprint density at radius 3 is 2.52 bits per heavy atom. The molecule has 0 unspecified atom stereocenters. The Kier molecular flexibility index (Phi) is 4.14. The first-order valence-corrected chi connectivity index (χ1v) is 8.64. The smallest absolute Gasteiger partial charge is 0.414 e. The van der Waals surface area contributed by atoms with Crippen LogP contribution >= 0.6 is 11.6 Å². The van der Waals surface area contributed by atoms with Crippen LogP contribution in [0.25, 0.3) is 0 Å². The second kappa shape index (κ2) is 6.10. The van der Waals surface area contributed by atoms with Gasteiger partial charge in [0.05, 0.1) is 17.1 Å². The van der Waals surface area contributed by atoms with Gasteiger partial charge in [-0.1, -0.05) is 17.7 Å². The van der Waals surface area contributed by atoms with Gasteiger partial charge in [-0.3, -0.25) is 9.62 Å². The van der Waals surface area contributed by atoms with Gasteiger partial charge in [0.15, 0.2) is 0 Å². The highest BCUT2D eigenvalue weighted by atomic mass is 35.5. The van der Waals surface area contributed by atoms with Crippen molar-refractivity contribution in [1.82, 2.24) is 0 Å². The zero-order chi connectivity index (χ0) is 16.4. The molecule has 2 aromatic rings. The van der Waals surface area contributed by atoms with Gasteiger partial charge in [0.1, 0.15) is 6.61 Å². The van der Waals surface area contributed by atoms with Gasteiger partial charge in [-0.05, 0) is 42.5 Å². The molecular weight excluding hydrogens is 340 g/mol. The zero-order valence-electron chi connectivity index (χ0n) is 11.9. The number of benzene rings is 2. The first-order chi connectivity index (χ1) is 11.0. The summed E-state index contributed by atoms with van der Waals surface area (Å²) in [4.78, 5) is 13.1. The summed E-state index contributed by atoms with van der Waals surface area (Å²) < 4.78 is 32.1. The van der Waals surface area contributed by atoms with E-state index in [9.17, 15) is 13.2 Å². The second-order valence-corrected chi connectivity index (χ2v) is 6.99. The van der Waals surface area contributed by atoms with Crippen LogP contribution in [0.3, 0.4) is 0 Å². The third-order valence-corrected chi connectivity index (χ3v) is 4.94. The molecule has 1 aliphatic heterocycles. The Morgan fingerprint density at radius 2 is 1.87 bits per heavy atom. The van der Waals surface area contributed by atoms with Gasteiger partial charge in [0.25, 0.3) is 10.0 Å². The molecule has 0 bridgehead atoms. The molecule has 0 spiro atoms. The highest BCUT2D eigenvalue weighted by molar-refractivity contribution is 7.92. The molecule has 120 valence electrons. The topological polar surface area (TPSA) is 75.7 Å². The predicted octanol–water partition coefficient (Wildman–Crippen LogP) is 3.10. The first-order valence-electron chi connectivity index (χ1n) is 6.78. The Balaban J connectivity index is 1.85. The number of carbonyl (C=O) groups excluding carboxylic acids is 1. The van der Waals surface area contributed by atoms with Crippen molar-refractivity contribution in [3.63, 3.8) is 0 Å². The van der Waals surface area contributed by atoms with Crippen LogP contribution < -0.4 is 9.62 Å². The molecule has 0 aromatic heterocycles. The van der Waals surface area contributed by atoms with E-state index in [1.807, 2.05) is 0 Å². The number of cyclic esters (lactones) is 1. The van der Waals surface area contributed by atoms with Gasteiger partial charge < -0.3 is 4.74 Å². The van der Waals surface area contributed by atoms with Crippen molar-refractivity contribution in [3.8, 4) is 0 Å². The van der Waals surface area contributed by atoms with Crippen LogP contribution in [0.2, 0.25) is 5.02 Å². The fourth-order valence-corrected chi connectivity index (χ4v) is 3.37. The monoisotopic (exact) mass is 352 g/mol. The van der Waals surface area contributed by atoms with E-state index in [0.29, 0.717) is 29.5 Å². The quantitative estimate of drug-likeness (QED) is 0.917. The van der Waals surface area contributed by atoms with E-state index in [4.69, 9.17) is 16.3 Å². The van der Waals surface area contributed by atoms with E-state index in [-0.39, 0.29) is 4.90 Å². The lowest BCUT2D eigenvalue weighted by atomic mass is 10.2. The second-order valence-electron chi connectivity index (χ2n) is 4.88. The van der Waals surface area contributed by atoms with Crippen LogP contribution in [0.1, 0.15) is 0 Å². The number of anilines is 2. The molecule has 1 saturated heterocycles. The number of sulfonamides is 1. The fraction of sp³-hybridized carbons (Fsp3) is 0.133. The molecule has 1 N–H and O–H groups in total. The first kappa shape index (κ1) is 15.6. The van der Waals surface area contributed by atoms with E-state index in [1.54, 1.807) is 24.3 Å². The van der Waals surface area contributed by atoms with Gasteiger partial charge in [0.2, 0.25) is 0 Å². The summed E-state index contributed by atoms with van der Waals surface area (Å²) in [5.74, 6) is 0. The summed E-state index contributed by atoms with van der Waals surface area (Å²) >= 11 is 5.76. The van der Waals surface area contributed by atoms with Crippen molar-refractivity contribution < 1.29 is 17.9 Å². The number of halogens is 1. The summed E-state index contributed by atoms with van der Waals surface area (Å²) in [7, 11) is -3.73. The van der Waals surface area contributed by atoms with Crippen molar-refractivity contribution in [2.45, 2.75) is 4.90 Å². The van der Waals surface area contributed by atoms with Crippen LogP contribution in [0, 0.1) is 0 Å². The van der Waals surface area contributed by atoms with E-state index < -0.39 is 16.1 Å². The fourth-order valence-electron chi connectivity index (χ4n) is 2.19. The number of hydrogen-bond acceptors (Lipinski definition) is 4. The van der Waals surface area contributed by atoms with Crippen LogP contribution in [-0.4, -0.2) is 27.7 Å². The Morgan fingerprint density at radius 1 is 1.13 bits per heavy atom. The minimum Gasteiger partial charge on any atom is -0.447 e. The molecule has 0 aliphatic carbocycles. The third-order valence-electron chi connectivity index (χ3n) is 3.29. The lowest BCUT2D eigenvalue weighted by molar-refractivity contribution is 0.181. The molecule has 1 heterocycles.